The van der Waals surface area contributed by atoms with Gasteiger partial charge in [-0.15, -0.1) is 0 Å². The smallest absolute Gasteiger partial charge is 0.112 e. The summed E-state index contributed by atoms with van der Waals surface area (Å²) in [4.78, 5) is 4.79. The van der Waals surface area contributed by atoms with Crippen molar-refractivity contribution in [2.75, 3.05) is 6.61 Å². The highest BCUT2D eigenvalue weighted by Crippen LogP contribution is 2.22. The fourth-order valence-electron chi connectivity index (χ4n) is 4.43. The Morgan fingerprint density at radius 2 is 1.23 bits per heavy atom. The van der Waals surface area contributed by atoms with Crippen LogP contribution in [0.5, 0.6) is 0 Å². The van der Waals surface area contributed by atoms with E-state index >= 15 is 0 Å². The number of rotatable bonds is 17. The summed E-state index contributed by atoms with van der Waals surface area (Å²) in [6.07, 6.45) is 20.1. The van der Waals surface area contributed by atoms with Crippen LogP contribution in [0.15, 0.2) is 12.1 Å². The summed E-state index contributed by atoms with van der Waals surface area (Å²) >= 11 is 0. The van der Waals surface area contributed by atoms with Gasteiger partial charge in [0, 0.05) is 13.0 Å². The van der Waals surface area contributed by atoms with E-state index in [4.69, 9.17) is 4.98 Å². The minimum atomic E-state index is 0.167. The van der Waals surface area contributed by atoms with Crippen LogP contribution in [0.4, 0.5) is 0 Å². The molecule has 0 amide bonds. The summed E-state index contributed by atoms with van der Waals surface area (Å²) < 4.78 is 2.35. The molecule has 1 aromatic heterocycles. The zero-order valence-electron chi connectivity index (χ0n) is 20.0. The van der Waals surface area contributed by atoms with Crippen LogP contribution in [0.2, 0.25) is 0 Å². The van der Waals surface area contributed by atoms with Gasteiger partial charge >= 0.3 is 0 Å². The number of imidazole rings is 1. The van der Waals surface area contributed by atoms with Crippen LogP contribution in [0.1, 0.15) is 114 Å². The second kappa shape index (κ2) is 14.6. The Labute approximate surface area is 185 Å². The molecule has 1 heterocycles. The lowest BCUT2D eigenvalue weighted by Crippen LogP contribution is -2.06. The Morgan fingerprint density at radius 1 is 0.733 bits per heavy atom. The van der Waals surface area contributed by atoms with Gasteiger partial charge in [-0.1, -0.05) is 90.4 Å². The second-order valence-corrected chi connectivity index (χ2v) is 9.17. The number of aliphatic hydroxyl groups is 1. The maximum Gasteiger partial charge on any atom is 0.112 e. The van der Waals surface area contributed by atoms with Crippen molar-refractivity contribution >= 4 is 11.0 Å². The van der Waals surface area contributed by atoms with E-state index in [1.165, 1.54) is 107 Å². The predicted molar refractivity (Wildman–Crippen MR) is 130 cm³/mol. The first kappa shape index (κ1) is 24.9. The minimum absolute atomic E-state index is 0.167. The summed E-state index contributed by atoms with van der Waals surface area (Å²) in [6, 6.07) is 4.45. The average molecular weight is 415 g/mol. The molecule has 0 unspecified atom stereocenters. The normalized spacial score (nSPS) is 11.6. The molecule has 2 rings (SSSR count). The fraction of sp³-hybridized carbons (Fsp3) is 0.741. The highest BCUT2D eigenvalue weighted by atomic mass is 16.3. The van der Waals surface area contributed by atoms with Gasteiger partial charge in [0.2, 0.25) is 0 Å². The number of benzene rings is 1. The van der Waals surface area contributed by atoms with Gasteiger partial charge in [0.25, 0.3) is 0 Å². The molecule has 30 heavy (non-hydrogen) atoms. The second-order valence-electron chi connectivity index (χ2n) is 9.17. The fourth-order valence-corrected chi connectivity index (χ4v) is 4.43. The van der Waals surface area contributed by atoms with Crippen molar-refractivity contribution in [3.8, 4) is 0 Å². The Morgan fingerprint density at radius 3 is 1.77 bits per heavy atom. The highest BCUT2D eigenvalue weighted by molar-refractivity contribution is 5.78. The molecular formula is C27H46N2O. The number of nitrogens with zero attached hydrogens (tertiary/aromatic N) is 2. The molecule has 0 fully saturated rings. The Bertz CT molecular complexity index is 719. The Kier molecular flexibility index (Phi) is 12.1. The molecule has 3 nitrogen and oxygen atoms in total. The van der Waals surface area contributed by atoms with Crippen molar-refractivity contribution < 1.29 is 5.11 Å². The van der Waals surface area contributed by atoms with Gasteiger partial charge in [0.05, 0.1) is 17.6 Å². The highest BCUT2D eigenvalue weighted by Gasteiger charge is 2.11. The van der Waals surface area contributed by atoms with Gasteiger partial charge in [-0.2, -0.15) is 0 Å². The third kappa shape index (κ3) is 8.41. The van der Waals surface area contributed by atoms with Crippen LogP contribution in [0.25, 0.3) is 11.0 Å². The molecule has 1 aromatic carbocycles. The van der Waals surface area contributed by atoms with E-state index < -0.39 is 0 Å². The maximum absolute atomic E-state index is 9.42. The monoisotopic (exact) mass is 414 g/mol. The Balaban J connectivity index is 1.60. The SMILES string of the molecule is CCCCCCCCCCCCCCCCn1c(CCO)nc2cc(C)c(C)cc21. The predicted octanol–water partition coefficient (Wildman–Crippen LogP) is 7.67. The molecule has 0 bridgehead atoms. The average Bonchev–Trinajstić information content (AvgIpc) is 3.05. The number of unbranched alkanes of at least 4 members (excludes halogenated alkanes) is 13. The molecule has 0 spiro atoms. The summed E-state index contributed by atoms with van der Waals surface area (Å²) in [5.41, 5.74) is 4.92. The Hall–Kier alpha value is -1.35. The summed E-state index contributed by atoms with van der Waals surface area (Å²) in [5, 5.41) is 9.42. The molecule has 170 valence electrons. The van der Waals surface area contributed by atoms with Crippen LogP contribution in [0.3, 0.4) is 0 Å². The molecule has 0 atom stereocenters. The van der Waals surface area contributed by atoms with E-state index in [1.54, 1.807) is 0 Å². The quantitative estimate of drug-likeness (QED) is 0.270. The van der Waals surface area contributed by atoms with Crippen molar-refractivity contribution in [1.29, 1.82) is 0 Å². The molecule has 0 radical (unpaired) electrons. The van der Waals surface area contributed by atoms with Crippen molar-refractivity contribution in [1.82, 2.24) is 9.55 Å². The van der Waals surface area contributed by atoms with Gasteiger partial charge in [-0.3, -0.25) is 0 Å². The lowest BCUT2D eigenvalue weighted by atomic mass is 10.0. The van der Waals surface area contributed by atoms with Gasteiger partial charge in [0.1, 0.15) is 5.82 Å². The van der Waals surface area contributed by atoms with E-state index in [-0.39, 0.29) is 6.61 Å². The number of fused-ring (bicyclic) bond motifs is 1. The number of aryl methyl sites for hydroxylation is 3. The van der Waals surface area contributed by atoms with E-state index in [1.807, 2.05) is 0 Å². The van der Waals surface area contributed by atoms with Crippen molar-refractivity contribution in [2.24, 2.45) is 0 Å². The first-order chi connectivity index (χ1) is 14.7. The molecule has 1 N–H and O–H groups in total. The molecule has 0 aliphatic carbocycles. The van der Waals surface area contributed by atoms with Crippen LogP contribution >= 0.6 is 0 Å². The lowest BCUT2D eigenvalue weighted by Gasteiger charge is -2.09. The first-order valence-electron chi connectivity index (χ1n) is 12.7. The maximum atomic E-state index is 9.42. The standard InChI is InChI=1S/C27H46N2O/c1-4-5-6-7-8-9-10-11-12-13-14-15-16-17-19-29-26-22-24(3)23(2)21-25(26)28-27(29)18-20-30/h21-22,30H,4-20H2,1-3H3. The topological polar surface area (TPSA) is 38.0 Å². The van der Waals surface area contributed by atoms with Crippen LogP contribution in [0, 0.1) is 13.8 Å². The largest absolute Gasteiger partial charge is 0.396 e. The molecule has 3 heteroatoms. The van der Waals surface area contributed by atoms with E-state index in [0.29, 0.717) is 6.42 Å². The number of hydrogen-bond donors (Lipinski definition) is 1. The number of aliphatic hydroxyl groups excluding tert-OH is 1. The van der Waals surface area contributed by atoms with E-state index in [2.05, 4.69) is 37.5 Å². The molecule has 0 aliphatic rings. The lowest BCUT2D eigenvalue weighted by molar-refractivity contribution is 0.294. The number of hydrogen-bond acceptors (Lipinski definition) is 2. The summed E-state index contributed by atoms with van der Waals surface area (Å²) in [5.74, 6) is 1.03. The van der Waals surface area contributed by atoms with Crippen molar-refractivity contribution in [3.63, 3.8) is 0 Å². The minimum Gasteiger partial charge on any atom is -0.396 e. The van der Waals surface area contributed by atoms with Crippen molar-refractivity contribution in [2.45, 2.75) is 124 Å². The van der Waals surface area contributed by atoms with Crippen LogP contribution in [-0.4, -0.2) is 21.3 Å². The molecule has 2 aromatic rings. The number of aromatic nitrogens is 2. The molecular weight excluding hydrogens is 368 g/mol. The molecule has 0 aliphatic heterocycles. The van der Waals surface area contributed by atoms with Gasteiger partial charge < -0.3 is 9.67 Å². The van der Waals surface area contributed by atoms with Crippen LogP contribution in [-0.2, 0) is 13.0 Å². The first-order valence-corrected chi connectivity index (χ1v) is 12.7. The third-order valence-corrected chi connectivity index (χ3v) is 6.51. The zero-order valence-corrected chi connectivity index (χ0v) is 20.0. The summed E-state index contributed by atoms with van der Waals surface area (Å²) in [6.45, 7) is 7.79. The van der Waals surface area contributed by atoms with Gasteiger partial charge in [0.15, 0.2) is 0 Å². The molecule has 0 saturated carbocycles. The van der Waals surface area contributed by atoms with Gasteiger partial charge in [-0.05, 0) is 43.5 Å². The molecule has 0 saturated heterocycles. The van der Waals surface area contributed by atoms with Gasteiger partial charge in [-0.25, -0.2) is 4.98 Å². The third-order valence-electron chi connectivity index (χ3n) is 6.51. The van der Waals surface area contributed by atoms with E-state index in [0.717, 1.165) is 17.9 Å². The summed E-state index contributed by atoms with van der Waals surface area (Å²) in [7, 11) is 0. The van der Waals surface area contributed by atoms with Crippen molar-refractivity contribution in [3.05, 3.63) is 29.1 Å². The van der Waals surface area contributed by atoms with E-state index in [9.17, 15) is 5.11 Å². The van der Waals surface area contributed by atoms with Crippen LogP contribution < -0.4 is 0 Å². The zero-order chi connectivity index (χ0) is 21.6.